The molecule has 1 aliphatic heterocycles. The molecule has 0 radical (unpaired) electrons. The van der Waals surface area contributed by atoms with Crippen molar-refractivity contribution in [3.63, 3.8) is 0 Å². The first-order chi connectivity index (χ1) is 5.24. The van der Waals surface area contributed by atoms with Gasteiger partial charge in [-0.3, -0.25) is 4.79 Å². The lowest BCUT2D eigenvalue weighted by Gasteiger charge is -2.26. The molecule has 64 valence electrons. The first kappa shape index (κ1) is 8.49. The fourth-order valence-electron chi connectivity index (χ4n) is 1.16. The maximum Gasteiger partial charge on any atom is 0.222 e. The summed E-state index contributed by atoms with van der Waals surface area (Å²) in [6.07, 6.45) is 0.715. The molecule has 0 bridgehead atoms. The van der Waals surface area contributed by atoms with Crippen LogP contribution in [0.1, 0.15) is 6.42 Å². The van der Waals surface area contributed by atoms with E-state index in [1.54, 1.807) is 7.11 Å². The third-order valence-corrected chi connectivity index (χ3v) is 1.91. The molecule has 1 saturated heterocycles. The molecule has 0 aromatic rings. The molecular weight excluding hydrogens is 146 g/mol. The second-order valence-electron chi connectivity index (χ2n) is 2.73. The number of carbonyl (C=O) groups excluding carboxylic acids is 1. The number of nitrogens with two attached hydrogens (primary N) is 1. The Labute approximate surface area is 65.7 Å². The predicted molar refractivity (Wildman–Crippen MR) is 38.9 cm³/mol. The average Bonchev–Trinajstić information content (AvgIpc) is 2.05. The minimum Gasteiger partial charge on any atom is -0.379 e. The van der Waals surface area contributed by atoms with Crippen molar-refractivity contribution in [3.8, 4) is 0 Å². The van der Waals surface area contributed by atoms with E-state index in [2.05, 4.69) is 0 Å². The normalized spacial score (nSPS) is 31.7. The highest BCUT2D eigenvalue weighted by molar-refractivity contribution is 5.76. The van der Waals surface area contributed by atoms with E-state index >= 15 is 0 Å². The van der Waals surface area contributed by atoms with Crippen LogP contribution in [0.2, 0.25) is 0 Å². The molecule has 2 N–H and O–H groups in total. The van der Waals surface area contributed by atoms with Gasteiger partial charge in [0.15, 0.2) is 0 Å². The highest BCUT2D eigenvalue weighted by Gasteiger charge is 2.25. The molecule has 4 nitrogen and oxygen atoms in total. The number of hydrogen-bond donors (Lipinski definition) is 1. The van der Waals surface area contributed by atoms with Crippen molar-refractivity contribution in [3.05, 3.63) is 0 Å². The van der Waals surface area contributed by atoms with Crippen molar-refractivity contribution in [2.75, 3.05) is 20.3 Å². The molecule has 0 aromatic heterocycles. The van der Waals surface area contributed by atoms with Gasteiger partial charge in [0.2, 0.25) is 5.91 Å². The van der Waals surface area contributed by atoms with Crippen LogP contribution >= 0.6 is 0 Å². The number of primary amides is 1. The van der Waals surface area contributed by atoms with Gasteiger partial charge >= 0.3 is 0 Å². The van der Waals surface area contributed by atoms with E-state index in [4.69, 9.17) is 15.2 Å². The molecule has 0 unspecified atom stereocenters. The largest absolute Gasteiger partial charge is 0.379 e. The number of rotatable bonds is 2. The van der Waals surface area contributed by atoms with Gasteiger partial charge in [-0.15, -0.1) is 0 Å². The van der Waals surface area contributed by atoms with Crippen LogP contribution in [0, 0.1) is 5.92 Å². The molecule has 0 saturated carbocycles. The van der Waals surface area contributed by atoms with Crippen molar-refractivity contribution in [1.82, 2.24) is 0 Å². The minimum absolute atomic E-state index is 0.0289. The molecule has 11 heavy (non-hydrogen) atoms. The average molecular weight is 159 g/mol. The van der Waals surface area contributed by atoms with Crippen molar-refractivity contribution >= 4 is 5.91 Å². The molecule has 4 heteroatoms. The lowest BCUT2D eigenvalue weighted by molar-refractivity contribution is -0.130. The summed E-state index contributed by atoms with van der Waals surface area (Å²) in [7, 11) is 1.61. The van der Waals surface area contributed by atoms with Gasteiger partial charge in [0, 0.05) is 7.11 Å². The minimum atomic E-state index is -0.299. The Morgan fingerprint density at radius 3 is 2.91 bits per heavy atom. The topological polar surface area (TPSA) is 61.6 Å². The molecule has 0 spiro atoms. The Bertz CT molecular complexity index is 149. The Morgan fingerprint density at radius 1 is 1.64 bits per heavy atom. The van der Waals surface area contributed by atoms with Crippen molar-refractivity contribution in [2.45, 2.75) is 12.5 Å². The zero-order valence-electron chi connectivity index (χ0n) is 6.58. The van der Waals surface area contributed by atoms with Gasteiger partial charge in [-0.2, -0.15) is 0 Å². The van der Waals surface area contributed by atoms with Gasteiger partial charge < -0.3 is 15.2 Å². The number of hydrogen-bond acceptors (Lipinski definition) is 3. The molecule has 1 amide bonds. The van der Waals surface area contributed by atoms with Gasteiger partial charge in [-0.1, -0.05) is 0 Å². The summed E-state index contributed by atoms with van der Waals surface area (Å²) in [6, 6.07) is 0. The fourth-order valence-corrected chi connectivity index (χ4v) is 1.16. The highest BCUT2D eigenvalue weighted by Crippen LogP contribution is 2.15. The number of amides is 1. The van der Waals surface area contributed by atoms with Crippen LogP contribution in [-0.2, 0) is 14.3 Å². The standard InChI is InChI=1S/C7H13NO3/c1-10-6-2-5(7(8)9)3-11-4-6/h5-6H,2-4H2,1H3,(H2,8,9)/t5-,6-/m1/s1. The summed E-state index contributed by atoms with van der Waals surface area (Å²) in [4.78, 5) is 10.7. The lowest BCUT2D eigenvalue weighted by Crippen LogP contribution is -2.38. The molecule has 0 aliphatic carbocycles. The quantitative estimate of drug-likeness (QED) is 0.592. The van der Waals surface area contributed by atoms with E-state index in [0.717, 1.165) is 0 Å². The lowest BCUT2D eigenvalue weighted by atomic mass is 10.00. The van der Waals surface area contributed by atoms with E-state index in [1.165, 1.54) is 0 Å². The van der Waals surface area contributed by atoms with E-state index in [-0.39, 0.29) is 17.9 Å². The summed E-state index contributed by atoms with van der Waals surface area (Å²) < 4.78 is 10.2. The number of ether oxygens (including phenoxy) is 2. The Morgan fingerprint density at radius 2 is 2.36 bits per heavy atom. The third-order valence-electron chi connectivity index (χ3n) is 1.91. The fraction of sp³-hybridized carbons (Fsp3) is 0.857. The van der Waals surface area contributed by atoms with Crippen LogP contribution in [0.25, 0.3) is 0 Å². The Hall–Kier alpha value is -0.610. The number of carbonyl (C=O) groups is 1. The maximum atomic E-state index is 10.7. The number of methoxy groups -OCH3 is 1. The summed E-state index contributed by atoms with van der Waals surface area (Å²) in [5.41, 5.74) is 5.11. The first-order valence-electron chi connectivity index (χ1n) is 3.64. The van der Waals surface area contributed by atoms with Crippen LogP contribution in [0.5, 0.6) is 0 Å². The second kappa shape index (κ2) is 3.69. The monoisotopic (exact) mass is 159 g/mol. The van der Waals surface area contributed by atoms with Gasteiger partial charge in [0.05, 0.1) is 25.2 Å². The third kappa shape index (κ3) is 2.17. The van der Waals surface area contributed by atoms with Crippen LogP contribution < -0.4 is 5.73 Å². The molecule has 1 fully saturated rings. The second-order valence-corrected chi connectivity index (χ2v) is 2.73. The van der Waals surface area contributed by atoms with E-state index in [1.807, 2.05) is 0 Å². The van der Waals surface area contributed by atoms with Crippen LogP contribution in [0.3, 0.4) is 0 Å². The highest BCUT2D eigenvalue weighted by atomic mass is 16.5. The summed E-state index contributed by atoms with van der Waals surface area (Å²) >= 11 is 0. The van der Waals surface area contributed by atoms with Crippen molar-refractivity contribution in [1.29, 1.82) is 0 Å². The van der Waals surface area contributed by atoms with Gasteiger partial charge in [-0.25, -0.2) is 0 Å². The molecule has 0 aromatic carbocycles. The van der Waals surface area contributed by atoms with Gasteiger partial charge in [-0.05, 0) is 6.42 Å². The first-order valence-corrected chi connectivity index (χ1v) is 3.64. The molecular formula is C7H13NO3. The van der Waals surface area contributed by atoms with E-state index < -0.39 is 0 Å². The van der Waals surface area contributed by atoms with E-state index in [0.29, 0.717) is 19.6 Å². The van der Waals surface area contributed by atoms with Gasteiger partial charge in [0.25, 0.3) is 0 Å². The van der Waals surface area contributed by atoms with Crippen molar-refractivity contribution < 1.29 is 14.3 Å². The molecule has 1 aliphatic rings. The predicted octanol–water partition coefficient (Wildman–Crippen LogP) is -0.477. The zero-order valence-corrected chi connectivity index (χ0v) is 6.58. The smallest absolute Gasteiger partial charge is 0.222 e. The van der Waals surface area contributed by atoms with Crippen LogP contribution in [0.15, 0.2) is 0 Å². The summed E-state index contributed by atoms with van der Waals surface area (Å²) in [6.45, 7) is 1.01. The Kier molecular flexibility index (Phi) is 2.84. The van der Waals surface area contributed by atoms with Gasteiger partial charge in [0.1, 0.15) is 0 Å². The zero-order chi connectivity index (χ0) is 8.27. The molecule has 1 rings (SSSR count). The van der Waals surface area contributed by atoms with Crippen molar-refractivity contribution in [2.24, 2.45) is 11.7 Å². The molecule has 1 heterocycles. The SMILES string of the molecule is CO[C@H]1COC[C@H](C(N)=O)C1. The Balaban J connectivity index is 2.39. The maximum absolute atomic E-state index is 10.7. The molecule has 2 atom stereocenters. The summed E-state index contributed by atoms with van der Waals surface area (Å²) in [5, 5.41) is 0. The van der Waals surface area contributed by atoms with E-state index in [9.17, 15) is 4.79 Å². The van der Waals surface area contributed by atoms with Crippen LogP contribution in [0.4, 0.5) is 0 Å². The summed E-state index contributed by atoms with van der Waals surface area (Å²) in [5.74, 6) is -0.472. The van der Waals surface area contributed by atoms with Crippen LogP contribution in [-0.4, -0.2) is 32.3 Å².